The van der Waals surface area contributed by atoms with Gasteiger partial charge in [-0.3, -0.25) is 4.79 Å². The SMILES string of the molecule is CCc1ccc(C(=O)Nc2ccc(-c3csc(-c4ccccc4)n3)c(C)c2)c(C)c1. The van der Waals surface area contributed by atoms with E-state index in [2.05, 4.69) is 35.8 Å². The van der Waals surface area contributed by atoms with Crippen LogP contribution < -0.4 is 5.32 Å². The molecule has 3 nitrogen and oxygen atoms in total. The molecule has 0 aliphatic rings. The van der Waals surface area contributed by atoms with Crippen molar-refractivity contribution in [2.24, 2.45) is 0 Å². The number of hydrogen-bond acceptors (Lipinski definition) is 3. The standard InChI is InChI=1S/C26H24N2OS/c1-4-19-10-12-23(17(2)14-19)25(29)27-21-11-13-22(18(3)15-21)24-16-30-26(28-24)20-8-6-5-7-9-20/h5-16H,4H2,1-3H3,(H,27,29). The molecule has 1 heterocycles. The quantitative estimate of drug-likeness (QED) is 0.387. The van der Waals surface area contributed by atoms with Gasteiger partial charge in [0, 0.05) is 27.8 Å². The number of thiazole rings is 1. The molecule has 0 saturated carbocycles. The third-order valence-electron chi connectivity index (χ3n) is 5.23. The molecular formula is C26H24N2OS. The summed E-state index contributed by atoms with van der Waals surface area (Å²) in [6.45, 7) is 6.15. The van der Waals surface area contributed by atoms with Crippen LogP contribution in [0.5, 0.6) is 0 Å². The van der Waals surface area contributed by atoms with Crippen LogP contribution in [0.1, 0.15) is 34.0 Å². The van der Waals surface area contributed by atoms with Gasteiger partial charge in [0.05, 0.1) is 5.69 Å². The summed E-state index contributed by atoms with van der Waals surface area (Å²) in [6.07, 6.45) is 0.964. The molecular weight excluding hydrogens is 388 g/mol. The zero-order valence-electron chi connectivity index (χ0n) is 17.4. The first-order valence-corrected chi connectivity index (χ1v) is 11.0. The fourth-order valence-corrected chi connectivity index (χ4v) is 4.36. The predicted molar refractivity (Wildman–Crippen MR) is 126 cm³/mol. The Morgan fingerprint density at radius 1 is 0.967 bits per heavy atom. The number of benzene rings is 3. The zero-order chi connectivity index (χ0) is 21.1. The van der Waals surface area contributed by atoms with Gasteiger partial charge in [-0.05, 0) is 55.2 Å². The Morgan fingerprint density at radius 3 is 2.47 bits per heavy atom. The second kappa shape index (κ2) is 8.64. The third kappa shape index (κ3) is 4.19. The van der Waals surface area contributed by atoms with E-state index >= 15 is 0 Å². The van der Waals surface area contributed by atoms with Crippen molar-refractivity contribution < 1.29 is 4.79 Å². The van der Waals surface area contributed by atoms with E-state index in [4.69, 9.17) is 4.98 Å². The number of carbonyl (C=O) groups excluding carboxylic acids is 1. The van der Waals surface area contributed by atoms with E-state index in [9.17, 15) is 4.79 Å². The minimum Gasteiger partial charge on any atom is -0.322 e. The number of nitrogens with one attached hydrogen (secondary N) is 1. The lowest BCUT2D eigenvalue weighted by Gasteiger charge is -2.11. The molecule has 0 radical (unpaired) electrons. The molecule has 0 unspecified atom stereocenters. The number of amides is 1. The summed E-state index contributed by atoms with van der Waals surface area (Å²) in [4.78, 5) is 17.5. The molecule has 1 N–H and O–H groups in total. The predicted octanol–water partition coefficient (Wildman–Crippen LogP) is 6.91. The van der Waals surface area contributed by atoms with E-state index in [0.29, 0.717) is 5.56 Å². The van der Waals surface area contributed by atoms with Crippen molar-refractivity contribution in [2.45, 2.75) is 27.2 Å². The normalized spacial score (nSPS) is 10.8. The fourth-order valence-electron chi connectivity index (χ4n) is 3.54. The lowest BCUT2D eigenvalue weighted by atomic mass is 10.0. The Kier molecular flexibility index (Phi) is 5.77. The highest BCUT2D eigenvalue weighted by Crippen LogP contribution is 2.31. The smallest absolute Gasteiger partial charge is 0.255 e. The molecule has 0 aliphatic heterocycles. The van der Waals surface area contributed by atoms with Gasteiger partial charge in [0.2, 0.25) is 0 Å². The van der Waals surface area contributed by atoms with E-state index in [0.717, 1.165) is 45.1 Å². The van der Waals surface area contributed by atoms with Gasteiger partial charge >= 0.3 is 0 Å². The van der Waals surface area contributed by atoms with Crippen molar-refractivity contribution in [3.8, 4) is 21.8 Å². The first-order chi connectivity index (χ1) is 14.5. The Morgan fingerprint density at radius 2 is 1.77 bits per heavy atom. The van der Waals surface area contributed by atoms with Crippen LogP contribution in [0, 0.1) is 13.8 Å². The lowest BCUT2D eigenvalue weighted by Crippen LogP contribution is -2.13. The number of aryl methyl sites for hydroxylation is 3. The maximum Gasteiger partial charge on any atom is 0.255 e. The Hall–Kier alpha value is -3.24. The molecule has 0 fully saturated rings. The van der Waals surface area contributed by atoms with E-state index in [1.165, 1.54) is 5.56 Å². The van der Waals surface area contributed by atoms with Crippen molar-refractivity contribution in [1.29, 1.82) is 0 Å². The summed E-state index contributed by atoms with van der Waals surface area (Å²) >= 11 is 1.64. The third-order valence-corrected chi connectivity index (χ3v) is 6.12. The van der Waals surface area contributed by atoms with E-state index in [1.54, 1.807) is 11.3 Å². The van der Waals surface area contributed by atoms with Crippen molar-refractivity contribution in [2.75, 3.05) is 5.32 Å². The molecule has 4 aromatic rings. The van der Waals surface area contributed by atoms with E-state index in [-0.39, 0.29) is 5.91 Å². The van der Waals surface area contributed by atoms with Gasteiger partial charge in [0.25, 0.3) is 5.91 Å². The van der Waals surface area contributed by atoms with Gasteiger partial charge in [-0.1, -0.05) is 55.5 Å². The molecule has 0 atom stereocenters. The molecule has 0 spiro atoms. The summed E-state index contributed by atoms with van der Waals surface area (Å²) in [6, 6.07) is 22.2. The Balaban J connectivity index is 1.54. The summed E-state index contributed by atoms with van der Waals surface area (Å²) in [5, 5.41) is 6.12. The van der Waals surface area contributed by atoms with Gasteiger partial charge < -0.3 is 5.32 Å². The van der Waals surface area contributed by atoms with Crippen LogP contribution in [0.2, 0.25) is 0 Å². The average Bonchev–Trinajstić information content (AvgIpc) is 3.24. The largest absolute Gasteiger partial charge is 0.322 e. The van der Waals surface area contributed by atoms with E-state index in [1.807, 2.05) is 62.4 Å². The van der Waals surface area contributed by atoms with Crippen LogP contribution in [0.25, 0.3) is 21.8 Å². The van der Waals surface area contributed by atoms with E-state index < -0.39 is 0 Å². The molecule has 0 saturated heterocycles. The highest BCUT2D eigenvalue weighted by Gasteiger charge is 2.12. The summed E-state index contributed by atoms with van der Waals surface area (Å²) in [7, 11) is 0. The maximum absolute atomic E-state index is 12.7. The molecule has 1 aromatic heterocycles. The number of nitrogens with zero attached hydrogens (tertiary/aromatic N) is 1. The van der Waals surface area contributed by atoms with Crippen molar-refractivity contribution in [3.63, 3.8) is 0 Å². The minimum absolute atomic E-state index is 0.0812. The van der Waals surface area contributed by atoms with Crippen LogP contribution in [0.15, 0.2) is 72.1 Å². The number of carbonyl (C=O) groups is 1. The van der Waals surface area contributed by atoms with Gasteiger partial charge in [-0.25, -0.2) is 4.98 Å². The highest BCUT2D eigenvalue weighted by molar-refractivity contribution is 7.13. The Labute approximate surface area is 181 Å². The molecule has 1 amide bonds. The molecule has 0 bridgehead atoms. The van der Waals surface area contributed by atoms with Crippen LogP contribution in [-0.4, -0.2) is 10.9 Å². The lowest BCUT2D eigenvalue weighted by molar-refractivity contribution is 0.102. The summed E-state index contributed by atoms with van der Waals surface area (Å²) in [5.41, 5.74) is 7.98. The molecule has 0 aliphatic carbocycles. The summed E-state index contributed by atoms with van der Waals surface area (Å²) < 4.78 is 0. The second-order valence-electron chi connectivity index (χ2n) is 7.39. The molecule has 150 valence electrons. The number of hydrogen-bond donors (Lipinski definition) is 1. The van der Waals surface area contributed by atoms with Crippen LogP contribution in [0.3, 0.4) is 0 Å². The first kappa shape index (κ1) is 20.0. The molecule has 3 aromatic carbocycles. The fraction of sp³-hybridized carbons (Fsp3) is 0.154. The number of aromatic nitrogens is 1. The minimum atomic E-state index is -0.0812. The van der Waals surface area contributed by atoms with Gasteiger partial charge in [0.1, 0.15) is 5.01 Å². The number of rotatable bonds is 5. The summed E-state index contributed by atoms with van der Waals surface area (Å²) in [5.74, 6) is -0.0812. The van der Waals surface area contributed by atoms with Gasteiger partial charge in [-0.15, -0.1) is 11.3 Å². The van der Waals surface area contributed by atoms with Crippen molar-refractivity contribution in [1.82, 2.24) is 4.98 Å². The topological polar surface area (TPSA) is 42.0 Å². The highest BCUT2D eigenvalue weighted by atomic mass is 32.1. The molecule has 30 heavy (non-hydrogen) atoms. The zero-order valence-corrected chi connectivity index (χ0v) is 18.2. The van der Waals surface area contributed by atoms with Crippen molar-refractivity contribution >= 4 is 22.9 Å². The van der Waals surface area contributed by atoms with Gasteiger partial charge in [0.15, 0.2) is 0 Å². The monoisotopic (exact) mass is 412 g/mol. The Bertz CT molecular complexity index is 1190. The van der Waals surface area contributed by atoms with Crippen molar-refractivity contribution in [3.05, 3.63) is 94.4 Å². The molecule has 4 rings (SSSR count). The second-order valence-corrected chi connectivity index (χ2v) is 8.25. The van der Waals surface area contributed by atoms with Crippen LogP contribution in [-0.2, 0) is 6.42 Å². The maximum atomic E-state index is 12.7. The van der Waals surface area contributed by atoms with Crippen LogP contribution in [0.4, 0.5) is 5.69 Å². The van der Waals surface area contributed by atoms with Crippen LogP contribution >= 0.6 is 11.3 Å². The van der Waals surface area contributed by atoms with Gasteiger partial charge in [-0.2, -0.15) is 0 Å². The number of anilines is 1. The average molecular weight is 413 g/mol. The first-order valence-electron chi connectivity index (χ1n) is 10.1. The molecule has 4 heteroatoms.